The van der Waals surface area contributed by atoms with Gasteiger partial charge in [-0.1, -0.05) is 30.3 Å². The minimum Gasteiger partial charge on any atom is -0.480 e. The fourth-order valence-electron chi connectivity index (χ4n) is 2.07. The molecule has 1 aromatic heterocycles. The SMILES string of the molecule is CC(C)(C)OC(=O)N[C@@H](Cn1cc(-c2ccccc2)cn1)C(=O)O. The number of aliphatic carboxylic acids is 1. The lowest BCUT2D eigenvalue weighted by Crippen LogP contribution is -2.45. The van der Waals surface area contributed by atoms with Gasteiger partial charge in [-0.3, -0.25) is 4.68 Å². The van der Waals surface area contributed by atoms with E-state index >= 15 is 0 Å². The lowest BCUT2D eigenvalue weighted by atomic mass is 10.1. The van der Waals surface area contributed by atoms with Gasteiger partial charge in [0.2, 0.25) is 0 Å². The molecule has 0 spiro atoms. The highest BCUT2D eigenvalue weighted by atomic mass is 16.6. The van der Waals surface area contributed by atoms with Crippen molar-refractivity contribution in [1.82, 2.24) is 15.1 Å². The summed E-state index contributed by atoms with van der Waals surface area (Å²) in [5.74, 6) is -1.15. The summed E-state index contributed by atoms with van der Waals surface area (Å²) in [7, 11) is 0. The smallest absolute Gasteiger partial charge is 0.408 e. The van der Waals surface area contributed by atoms with Crippen LogP contribution in [0, 0.1) is 0 Å². The van der Waals surface area contributed by atoms with Crippen LogP contribution < -0.4 is 5.32 Å². The van der Waals surface area contributed by atoms with Crippen LogP contribution in [0.3, 0.4) is 0 Å². The molecule has 1 amide bonds. The number of carbonyl (C=O) groups is 2. The number of alkyl carbamates (subject to hydrolysis) is 1. The first-order valence-corrected chi connectivity index (χ1v) is 7.55. The molecule has 0 saturated heterocycles. The van der Waals surface area contributed by atoms with Crippen molar-refractivity contribution in [3.63, 3.8) is 0 Å². The summed E-state index contributed by atoms with van der Waals surface area (Å²) in [5.41, 5.74) is 1.16. The predicted octanol–water partition coefficient (Wildman–Crippen LogP) is 2.53. The van der Waals surface area contributed by atoms with E-state index in [4.69, 9.17) is 4.74 Å². The third-order valence-corrected chi connectivity index (χ3v) is 3.10. The summed E-state index contributed by atoms with van der Waals surface area (Å²) in [4.78, 5) is 23.1. The summed E-state index contributed by atoms with van der Waals surface area (Å²) in [6.45, 7) is 5.13. The Balaban J connectivity index is 2.05. The fraction of sp³-hybridized carbons (Fsp3) is 0.353. The second-order valence-corrected chi connectivity index (χ2v) is 6.35. The monoisotopic (exact) mass is 331 g/mol. The number of hydrogen-bond donors (Lipinski definition) is 2. The lowest BCUT2D eigenvalue weighted by molar-refractivity contribution is -0.139. The van der Waals surface area contributed by atoms with E-state index in [9.17, 15) is 14.7 Å². The van der Waals surface area contributed by atoms with Crippen molar-refractivity contribution in [1.29, 1.82) is 0 Å². The Hall–Kier alpha value is -2.83. The van der Waals surface area contributed by atoms with Gasteiger partial charge in [0.1, 0.15) is 11.6 Å². The average molecular weight is 331 g/mol. The minimum atomic E-state index is -1.15. The maximum Gasteiger partial charge on any atom is 0.408 e. The molecule has 0 aliphatic heterocycles. The number of carboxylic acid groups (broad SMARTS) is 1. The van der Waals surface area contributed by atoms with Gasteiger partial charge in [0.25, 0.3) is 0 Å². The van der Waals surface area contributed by atoms with Gasteiger partial charge >= 0.3 is 12.1 Å². The number of carbonyl (C=O) groups excluding carboxylic acids is 1. The predicted molar refractivity (Wildman–Crippen MR) is 88.5 cm³/mol. The van der Waals surface area contributed by atoms with Crippen LogP contribution in [0.25, 0.3) is 11.1 Å². The molecule has 0 aliphatic carbocycles. The number of nitrogens with one attached hydrogen (secondary N) is 1. The van der Waals surface area contributed by atoms with Gasteiger partial charge in [-0.25, -0.2) is 9.59 Å². The van der Waals surface area contributed by atoms with Crippen LogP contribution in [0.15, 0.2) is 42.7 Å². The Morgan fingerprint density at radius 1 is 1.25 bits per heavy atom. The van der Waals surface area contributed by atoms with Gasteiger partial charge in [-0.2, -0.15) is 5.10 Å². The Kier molecular flexibility index (Phi) is 5.23. The van der Waals surface area contributed by atoms with Crippen molar-refractivity contribution >= 4 is 12.1 Å². The molecular weight excluding hydrogens is 310 g/mol. The van der Waals surface area contributed by atoms with Gasteiger partial charge in [-0.05, 0) is 26.3 Å². The third-order valence-electron chi connectivity index (χ3n) is 3.10. The highest BCUT2D eigenvalue weighted by molar-refractivity contribution is 5.80. The van der Waals surface area contributed by atoms with Crippen LogP contribution in [-0.2, 0) is 16.1 Å². The molecule has 1 aromatic carbocycles. The molecular formula is C17H21N3O4. The van der Waals surface area contributed by atoms with Crippen molar-refractivity contribution in [2.45, 2.75) is 39.0 Å². The number of nitrogens with zero attached hydrogens (tertiary/aromatic N) is 2. The van der Waals surface area contributed by atoms with Crippen molar-refractivity contribution in [3.8, 4) is 11.1 Å². The second kappa shape index (κ2) is 7.16. The molecule has 128 valence electrons. The zero-order valence-corrected chi connectivity index (χ0v) is 13.9. The van der Waals surface area contributed by atoms with E-state index < -0.39 is 23.7 Å². The number of benzene rings is 1. The summed E-state index contributed by atoms with van der Waals surface area (Å²) in [6.07, 6.45) is 2.62. The number of ether oxygens (including phenoxy) is 1. The maximum absolute atomic E-state index is 11.8. The number of carboxylic acids is 1. The van der Waals surface area contributed by atoms with E-state index in [2.05, 4.69) is 10.4 Å². The Labute approximate surface area is 140 Å². The van der Waals surface area contributed by atoms with Gasteiger partial charge in [-0.15, -0.1) is 0 Å². The molecule has 24 heavy (non-hydrogen) atoms. The van der Waals surface area contributed by atoms with E-state index in [1.807, 2.05) is 30.3 Å². The largest absolute Gasteiger partial charge is 0.480 e. The Bertz CT molecular complexity index is 704. The molecule has 0 saturated carbocycles. The van der Waals surface area contributed by atoms with Gasteiger partial charge < -0.3 is 15.2 Å². The Morgan fingerprint density at radius 3 is 2.50 bits per heavy atom. The molecule has 0 bridgehead atoms. The molecule has 2 rings (SSSR count). The van der Waals surface area contributed by atoms with Crippen LogP contribution >= 0.6 is 0 Å². The molecule has 2 N–H and O–H groups in total. The highest BCUT2D eigenvalue weighted by Gasteiger charge is 2.24. The van der Waals surface area contributed by atoms with Crippen LogP contribution in [0.1, 0.15) is 20.8 Å². The van der Waals surface area contributed by atoms with Crippen molar-refractivity contribution < 1.29 is 19.4 Å². The van der Waals surface area contributed by atoms with E-state index in [1.165, 1.54) is 4.68 Å². The molecule has 1 heterocycles. The number of amides is 1. The molecule has 7 heteroatoms. The van der Waals surface area contributed by atoms with E-state index in [0.29, 0.717) is 0 Å². The number of rotatable bonds is 5. The van der Waals surface area contributed by atoms with E-state index in [-0.39, 0.29) is 6.54 Å². The lowest BCUT2D eigenvalue weighted by Gasteiger charge is -2.22. The normalized spacial score (nSPS) is 12.5. The standard InChI is InChI=1S/C17H21N3O4/c1-17(2,3)24-16(23)19-14(15(21)22)11-20-10-13(9-18-20)12-7-5-4-6-8-12/h4-10,14H,11H2,1-3H3,(H,19,23)(H,21,22)/t14-/m0/s1. The van der Waals surface area contributed by atoms with E-state index in [0.717, 1.165) is 11.1 Å². The summed E-state index contributed by atoms with van der Waals surface area (Å²) >= 11 is 0. The van der Waals surface area contributed by atoms with Crippen LogP contribution in [-0.4, -0.2) is 38.6 Å². The van der Waals surface area contributed by atoms with Crippen LogP contribution in [0.2, 0.25) is 0 Å². The topological polar surface area (TPSA) is 93.5 Å². The van der Waals surface area contributed by atoms with Crippen molar-refractivity contribution in [3.05, 3.63) is 42.7 Å². The molecule has 0 fully saturated rings. The molecule has 2 aromatic rings. The van der Waals surface area contributed by atoms with Gasteiger partial charge in [0, 0.05) is 11.8 Å². The zero-order chi connectivity index (χ0) is 17.7. The van der Waals surface area contributed by atoms with Crippen LogP contribution in [0.4, 0.5) is 4.79 Å². The fourth-order valence-corrected chi connectivity index (χ4v) is 2.07. The summed E-state index contributed by atoms with van der Waals surface area (Å²) < 4.78 is 6.57. The first-order chi connectivity index (χ1) is 11.2. The van der Waals surface area contributed by atoms with Gasteiger partial charge in [0.05, 0.1) is 12.7 Å². The van der Waals surface area contributed by atoms with Crippen molar-refractivity contribution in [2.24, 2.45) is 0 Å². The molecule has 7 nitrogen and oxygen atoms in total. The second-order valence-electron chi connectivity index (χ2n) is 6.35. The average Bonchev–Trinajstić information content (AvgIpc) is 2.94. The first kappa shape index (κ1) is 17.5. The van der Waals surface area contributed by atoms with Crippen molar-refractivity contribution in [2.75, 3.05) is 0 Å². The Morgan fingerprint density at radius 2 is 1.92 bits per heavy atom. The van der Waals surface area contributed by atoms with Crippen LogP contribution in [0.5, 0.6) is 0 Å². The highest BCUT2D eigenvalue weighted by Crippen LogP contribution is 2.17. The number of hydrogen-bond acceptors (Lipinski definition) is 4. The first-order valence-electron chi connectivity index (χ1n) is 7.55. The zero-order valence-electron chi connectivity index (χ0n) is 13.9. The minimum absolute atomic E-state index is 0.00140. The van der Waals surface area contributed by atoms with Gasteiger partial charge in [0.15, 0.2) is 0 Å². The molecule has 1 atom stereocenters. The third kappa shape index (κ3) is 5.12. The molecule has 0 unspecified atom stereocenters. The van der Waals surface area contributed by atoms with E-state index in [1.54, 1.807) is 33.2 Å². The molecule has 0 radical (unpaired) electrons. The maximum atomic E-state index is 11.8. The summed E-state index contributed by atoms with van der Waals surface area (Å²) in [6, 6.07) is 8.49. The number of aromatic nitrogens is 2. The molecule has 0 aliphatic rings. The summed E-state index contributed by atoms with van der Waals surface area (Å²) in [5, 5.41) is 15.8. The quantitative estimate of drug-likeness (QED) is 0.878.